The summed E-state index contributed by atoms with van der Waals surface area (Å²) in [7, 11) is -1.06. The van der Waals surface area contributed by atoms with Crippen LogP contribution >= 0.6 is 0 Å². The summed E-state index contributed by atoms with van der Waals surface area (Å²) in [6.45, 7) is 8.40. The van der Waals surface area contributed by atoms with Crippen molar-refractivity contribution < 1.29 is 4.74 Å². The molecule has 23 heavy (non-hydrogen) atoms. The molecule has 2 rings (SSSR count). The second-order valence-electron chi connectivity index (χ2n) is 8.22. The molecule has 0 saturated carbocycles. The standard InChI is InChI=1S/C14H20N3OSi.3CH3.Sn/c1-19(2,3)10-9-18-12-17-14(15-11-16-17)13-7-5-4-6-8-13;;;;/h4-8H,9-10,12H2,1-3H3;3*1H3;. The Balaban J connectivity index is 2.18. The SMILES string of the molecule is C[Si](C)(C)CCOCn1n[c]([Sn]([CH3])([CH3])[CH3])nc1-c1ccccc1. The summed E-state index contributed by atoms with van der Waals surface area (Å²) in [5, 5.41) is 4.78. The van der Waals surface area contributed by atoms with Crippen molar-refractivity contribution in [1.29, 1.82) is 0 Å². The molecule has 1 heterocycles. The average molecular weight is 438 g/mol. The van der Waals surface area contributed by atoms with E-state index in [1.54, 1.807) is 0 Å². The summed E-state index contributed by atoms with van der Waals surface area (Å²) < 4.78 is 8.91. The van der Waals surface area contributed by atoms with Gasteiger partial charge in [-0.3, -0.25) is 0 Å². The van der Waals surface area contributed by atoms with Crippen molar-refractivity contribution in [2.24, 2.45) is 0 Å². The zero-order valence-corrected chi connectivity index (χ0v) is 19.1. The van der Waals surface area contributed by atoms with Gasteiger partial charge in [0, 0.05) is 0 Å². The number of nitrogens with zero attached hydrogens (tertiary/aromatic N) is 3. The molecule has 0 bridgehead atoms. The molecular formula is C17H29N3OSiSn. The Morgan fingerprint density at radius 1 is 1.09 bits per heavy atom. The van der Waals surface area contributed by atoms with E-state index >= 15 is 0 Å². The van der Waals surface area contributed by atoms with E-state index in [1.165, 1.54) is 6.04 Å². The number of hydrogen-bond donors (Lipinski definition) is 0. The van der Waals surface area contributed by atoms with Crippen LogP contribution < -0.4 is 3.84 Å². The van der Waals surface area contributed by atoms with Crippen LogP contribution in [0.25, 0.3) is 11.4 Å². The summed E-state index contributed by atoms with van der Waals surface area (Å²) in [4.78, 5) is 11.9. The first-order valence-electron chi connectivity index (χ1n) is 8.25. The molecule has 0 amide bonds. The zero-order valence-electron chi connectivity index (χ0n) is 15.3. The zero-order chi connectivity index (χ0) is 17.1. The van der Waals surface area contributed by atoms with E-state index < -0.39 is 26.5 Å². The maximum absolute atomic E-state index is 5.90. The molecule has 0 radical (unpaired) electrons. The predicted octanol–water partition coefficient (Wildman–Crippen LogP) is 3.80. The third-order valence-corrected chi connectivity index (χ3v) is 9.72. The van der Waals surface area contributed by atoms with Gasteiger partial charge in [-0.15, -0.1) is 0 Å². The molecule has 0 saturated heterocycles. The van der Waals surface area contributed by atoms with Crippen LogP contribution in [0.2, 0.25) is 40.5 Å². The van der Waals surface area contributed by atoms with Crippen LogP contribution in [0, 0.1) is 0 Å². The Kier molecular flexibility index (Phi) is 6.08. The van der Waals surface area contributed by atoms with E-state index in [-0.39, 0.29) is 0 Å². The van der Waals surface area contributed by atoms with Crippen molar-refractivity contribution in [3.05, 3.63) is 30.3 Å². The quantitative estimate of drug-likeness (QED) is 0.488. The fourth-order valence-electron chi connectivity index (χ4n) is 2.08. The maximum atomic E-state index is 5.90. The molecule has 2 aromatic rings. The summed E-state index contributed by atoms with van der Waals surface area (Å²) in [5.41, 5.74) is 1.11. The van der Waals surface area contributed by atoms with Crippen LogP contribution in [0.3, 0.4) is 0 Å². The second-order valence-corrected chi connectivity index (χ2v) is 28.0. The molecule has 126 valence electrons. The van der Waals surface area contributed by atoms with Gasteiger partial charge in [-0.1, -0.05) is 0 Å². The molecule has 0 aliphatic heterocycles. The molecule has 4 nitrogen and oxygen atoms in total. The van der Waals surface area contributed by atoms with Crippen molar-refractivity contribution >= 4 is 30.3 Å². The molecule has 0 spiro atoms. The van der Waals surface area contributed by atoms with Gasteiger partial charge >= 0.3 is 145 Å². The third-order valence-electron chi connectivity index (χ3n) is 3.58. The molecular weight excluding hydrogens is 409 g/mol. The van der Waals surface area contributed by atoms with E-state index in [0.29, 0.717) is 6.73 Å². The third kappa shape index (κ3) is 5.72. The molecule has 0 aliphatic carbocycles. The number of benzene rings is 1. The monoisotopic (exact) mass is 439 g/mol. The Morgan fingerprint density at radius 3 is 2.30 bits per heavy atom. The van der Waals surface area contributed by atoms with Gasteiger partial charge in [0.15, 0.2) is 0 Å². The fraction of sp³-hybridized carbons (Fsp3) is 0.529. The van der Waals surface area contributed by atoms with Crippen LogP contribution in [-0.4, -0.2) is 47.8 Å². The first-order valence-corrected chi connectivity index (χ1v) is 21.9. The van der Waals surface area contributed by atoms with Gasteiger partial charge in [-0.05, 0) is 0 Å². The molecule has 1 aromatic carbocycles. The van der Waals surface area contributed by atoms with E-state index in [4.69, 9.17) is 14.8 Å². The van der Waals surface area contributed by atoms with Gasteiger partial charge in [0.05, 0.1) is 0 Å². The molecule has 0 N–H and O–H groups in total. The number of ether oxygens (including phenoxy) is 1. The summed E-state index contributed by atoms with van der Waals surface area (Å²) in [5.74, 6) is 0.931. The van der Waals surface area contributed by atoms with Crippen LogP contribution in [0.5, 0.6) is 0 Å². The van der Waals surface area contributed by atoms with Gasteiger partial charge < -0.3 is 0 Å². The van der Waals surface area contributed by atoms with Crippen molar-refractivity contribution in [2.75, 3.05) is 6.61 Å². The number of hydrogen-bond acceptors (Lipinski definition) is 3. The minimum absolute atomic E-state index is 0.490. The average Bonchev–Trinajstić information content (AvgIpc) is 2.88. The molecule has 0 unspecified atom stereocenters. The Labute approximate surface area is 145 Å². The minimum atomic E-state index is -2.30. The van der Waals surface area contributed by atoms with Crippen LogP contribution in [0.4, 0.5) is 0 Å². The van der Waals surface area contributed by atoms with Crippen LogP contribution in [0.15, 0.2) is 30.3 Å². The van der Waals surface area contributed by atoms with E-state index in [2.05, 4.69) is 46.6 Å². The van der Waals surface area contributed by atoms with E-state index in [9.17, 15) is 0 Å². The van der Waals surface area contributed by atoms with Crippen LogP contribution in [-0.2, 0) is 11.5 Å². The van der Waals surface area contributed by atoms with Gasteiger partial charge in [-0.2, -0.15) is 0 Å². The fourth-order valence-corrected chi connectivity index (χ4v) is 5.30. The molecule has 0 aliphatic rings. The second kappa shape index (κ2) is 7.48. The number of aromatic nitrogens is 3. The first kappa shape index (κ1) is 18.7. The predicted molar refractivity (Wildman–Crippen MR) is 103 cm³/mol. The van der Waals surface area contributed by atoms with Gasteiger partial charge in [0.2, 0.25) is 0 Å². The Morgan fingerprint density at radius 2 is 1.74 bits per heavy atom. The normalized spacial score (nSPS) is 12.6. The van der Waals surface area contributed by atoms with Gasteiger partial charge in [0.25, 0.3) is 0 Å². The summed E-state index contributed by atoms with van der Waals surface area (Å²) >= 11 is -2.30. The summed E-state index contributed by atoms with van der Waals surface area (Å²) in [6.07, 6.45) is 0. The first-order chi connectivity index (χ1) is 10.7. The van der Waals surface area contributed by atoms with Gasteiger partial charge in [-0.25, -0.2) is 0 Å². The van der Waals surface area contributed by atoms with Gasteiger partial charge in [0.1, 0.15) is 0 Å². The van der Waals surface area contributed by atoms with Crippen LogP contribution in [0.1, 0.15) is 0 Å². The summed E-state index contributed by atoms with van der Waals surface area (Å²) in [6, 6.07) is 11.5. The van der Waals surface area contributed by atoms with Crippen molar-refractivity contribution in [2.45, 2.75) is 47.2 Å². The van der Waals surface area contributed by atoms with E-state index in [1.807, 2.05) is 22.9 Å². The molecule has 0 atom stereocenters. The van der Waals surface area contributed by atoms with Crippen molar-refractivity contribution in [3.63, 3.8) is 0 Å². The van der Waals surface area contributed by atoms with E-state index in [0.717, 1.165) is 21.8 Å². The molecule has 1 aromatic heterocycles. The van der Waals surface area contributed by atoms with Crippen molar-refractivity contribution in [1.82, 2.24) is 14.8 Å². The van der Waals surface area contributed by atoms with Crippen molar-refractivity contribution in [3.8, 4) is 11.4 Å². The topological polar surface area (TPSA) is 39.9 Å². The number of rotatable bonds is 7. The molecule has 0 fully saturated rings. The molecule has 6 heteroatoms. The Hall–Kier alpha value is -0.664. The Bertz CT molecular complexity index is 630.